The van der Waals surface area contributed by atoms with Crippen LogP contribution in [0.5, 0.6) is 0 Å². The van der Waals surface area contributed by atoms with Crippen molar-refractivity contribution in [3.63, 3.8) is 0 Å². The van der Waals surface area contributed by atoms with E-state index < -0.39 is 0 Å². The monoisotopic (exact) mass is 1820 g/mol. The summed E-state index contributed by atoms with van der Waals surface area (Å²) < 4.78 is 27.1. The number of aromatic nitrogens is 3. The predicted octanol–water partition coefficient (Wildman–Crippen LogP) is 37.4. The standard InChI is InChI=1S/C49H34N2O.C48H32N2O.C36H24N2O/c1-33-30-41(51-46-18-10-8-16-42(46)43-17-9-11-19-47(43)51)31-45-44-29-28-40(32-48(44)52-49(33)45)50(38-24-20-36(21-25-38)34-12-4-2-5-13-34)39-26-22-37(23-27-39)35-14-6-3-7-15-35;1-3-12-33(13-4-1)35-22-26-37(27-23-35)49(38-28-24-36(25-29-38)34-14-5-2-6-15-34)39-30-31-42-47(32-39)51-46-21-11-20-45(48(42)46)50-43-18-9-7-16-40(43)41-17-8-10-19-44(41)50;1-3-12-25(13-4-1)37(26-14-5-2-6-15-26)27-22-23-30-35(24-27)39-34-21-11-20-33(36(30)34)38-31-18-9-7-16-28(31)29-17-8-10-19-32(29)38/h2-32H,1H3;1-32H;1-24H. The molecule has 0 saturated carbocycles. The van der Waals surface area contributed by atoms with Crippen LogP contribution in [0.2, 0.25) is 0 Å². The van der Waals surface area contributed by atoms with Crippen molar-refractivity contribution >= 4 is 182 Å². The first-order valence-corrected chi connectivity index (χ1v) is 48.3. The molecule has 9 nitrogen and oxygen atoms in total. The second kappa shape index (κ2) is 35.6. The lowest BCUT2D eigenvalue weighted by atomic mass is 10.0. The van der Waals surface area contributed by atoms with E-state index in [1.54, 1.807) is 0 Å². The van der Waals surface area contributed by atoms with Gasteiger partial charge in [-0.3, -0.25) is 0 Å². The minimum absolute atomic E-state index is 0.850. The highest BCUT2D eigenvalue weighted by molar-refractivity contribution is 6.18. The summed E-state index contributed by atoms with van der Waals surface area (Å²) in [7, 11) is 0. The van der Waals surface area contributed by atoms with Gasteiger partial charge in [0.05, 0.1) is 55.2 Å². The molecule has 0 radical (unpaired) electrons. The van der Waals surface area contributed by atoms with Gasteiger partial charge in [-0.15, -0.1) is 0 Å². The molecule has 9 heteroatoms. The second-order valence-corrected chi connectivity index (χ2v) is 36.2. The van der Waals surface area contributed by atoms with E-state index in [4.69, 9.17) is 13.3 Å². The fraction of sp³-hybridized carbons (Fsp3) is 0.00752. The maximum Gasteiger partial charge on any atom is 0.138 e. The molecule has 0 N–H and O–H groups in total. The fourth-order valence-corrected chi connectivity index (χ4v) is 21.3. The van der Waals surface area contributed by atoms with E-state index in [2.05, 4.69) is 551 Å². The summed E-state index contributed by atoms with van der Waals surface area (Å²) in [5, 5.41) is 14.1. The number of anilines is 9. The zero-order chi connectivity index (χ0) is 94.1. The maximum absolute atomic E-state index is 6.71. The quantitative estimate of drug-likeness (QED) is 0.0961. The number of para-hydroxylation sites is 8. The highest BCUT2D eigenvalue weighted by Gasteiger charge is 2.26. The Labute approximate surface area is 820 Å². The van der Waals surface area contributed by atoms with E-state index in [0.29, 0.717) is 0 Å². The van der Waals surface area contributed by atoms with Crippen LogP contribution in [0.3, 0.4) is 0 Å². The van der Waals surface area contributed by atoms with Crippen molar-refractivity contribution in [2.24, 2.45) is 0 Å². The van der Waals surface area contributed by atoms with Gasteiger partial charge in [-0.1, -0.05) is 328 Å². The highest BCUT2D eigenvalue weighted by Crippen LogP contribution is 2.49. The van der Waals surface area contributed by atoms with Crippen molar-refractivity contribution in [1.29, 1.82) is 0 Å². The molecule has 0 spiro atoms. The lowest BCUT2D eigenvalue weighted by Gasteiger charge is -2.26. The Hall–Kier alpha value is -19.0. The van der Waals surface area contributed by atoms with Crippen LogP contribution < -0.4 is 14.7 Å². The molecule has 0 aliphatic carbocycles. The van der Waals surface area contributed by atoms with Crippen LogP contribution in [0.4, 0.5) is 51.2 Å². The summed E-state index contributed by atoms with van der Waals surface area (Å²) >= 11 is 0. The van der Waals surface area contributed by atoms with Crippen LogP contribution in [0.1, 0.15) is 5.56 Å². The van der Waals surface area contributed by atoms with Crippen LogP contribution >= 0.6 is 0 Å². The molecule has 22 aromatic carbocycles. The number of aryl methyl sites for hydroxylation is 1. The van der Waals surface area contributed by atoms with E-state index in [0.717, 1.165) is 140 Å². The van der Waals surface area contributed by atoms with Gasteiger partial charge in [-0.05, 0) is 239 Å². The molecule has 0 aliphatic rings. The zero-order valence-corrected chi connectivity index (χ0v) is 77.6. The zero-order valence-electron chi connectivity index (χ0n) is 77.6. The molecule has 28 rings (SSSR count). The minimum atomic E-state index is 0.850. The lowest BCUT2D eigenvalue weighted by Crippen LogP contribution is -2.09. The van der Waals surface area contributed by atoms with Gasteiger partial charge in [0.25, 0.3) is 0 Å². The van der Waals surface area contributed by atoms with Crippen LogP contribution in [0.15, 0.2) is 541 Å². The van der Waals surface area contributed by atoms with E-state index in [9.17, 15) is 0 Å². The maximum atomic E-state index is 6.71. The van der Waals surface area contributed by atoms with Gasteiger partial charge in [0, 0.05) is 129 Å². The lowest BCUT2D eigenvalue weighted by molar-refractivity contribution is 0.665. The first-order valence-electron chi connectivity index (χ1n) is 48.3. The van der Waals surface area contributed by atoms with Gasteiger partial charge in [-0.2, -0.15) is 0 Å². The molecule has 0 amide bonds. The van der Waals surface area contributed by atoms with E-state index in [1.165, 1.54) is 110 Å². The topological polar surface area (TPSA) is 63.9 Å². The third-order valence-electron chi connectivity index (χ3n) is 27.9. The summed E-state index contributed by atoms with van der Waals surface area (Å²) in [6.45, 7) is 2.15. The average Bonchev–Trinajstić information content (AvgIpc) is 1.57. The van der Waals surface area contributed by atoms with Gasteiger partial charge >= 0.3 is 0 Å². The van der Waals surface area contributed by atoms with Crippen LogP contribution in [0.25, 0.3) is 193 Å². The fourth-order valence-electron chi connectivity index (χ4n) is 21.3. The summed E-state index contributed by atoms with van der Waals surface area (Å²) in [5.41, 5.74) is 36.0. The van der Waals surface area contributed by atoms with E-state index >= 15 is 0 Å². The van der Waals surface area contributed by atoms with Gasteiger partial charge in [0.15, 0.2) is 0 Å². The first kappa shape index (κ1) is 83.6. The molecule has 0 aliphatic heterocycles. The first-order chi connectivity index (χ1) is 70.4. The number of hydrogen-bond acceptors (Lipinski definition) is 6. The average molecular weight is 1820 g/mol. The molecule has 142 heavy (non-hydrogen) atoms. The second-order valence-electron chi connectivity index (χ2n) is 36.2. The third kappa shape index (κ3) is 14.9. The van der Waals surface area contributed by atoms with Crippen molar-refractivity contribution in [2.75, 3.05) is 14.7 Å². The molecular formula is C133H90N6O3. The Kier molecular flexibility index (Phi) is 21.0. The molecule has 6 aromatic heterocycles. The number of hydrogen-bond donors (Lipinski definition) is 0. The molecule has 6 heterocycles. The van der Waals surface area contributed by atoms with Crippen molar-refractivity contribution < 1.29 is 13.3 Å². The van der Waals surface area contributed by atoms with Crippen molar-refractivity contribution in [2.45, 2.75) is 6.92 Å². The number of fused-ring (bicyclic) bond motifs is 18. The highest BCUT2D eigenvalue weighted by atomic mass is 16.3. The van der Waals surface area contributed by atoms with Gasteiger partial charge in [0.2, 0.25) is 0 Å². The van der Waals surface area contributed by atoms with Crippen LogP contribution in [0, 0.1) is 6.92 Å². The summed E-state index contributed by atoms with van der Waals surface area (Å²) in [6, 6.07) is 187. The Balaban J connectivity index is 0.000000110. The molecule has 0 unspecified atom stereocenters. The molecule has 28 aromatic rings. The summed E-state index contributed by atoms with van der Waals surface area (Å²) in [6.07, 6.45) is 0. The van der Waals surface area contributed by atoms with Gasteiger partial charge in [-0.25, -0.2) is 0 Å². The van der Waals surface area contributed by atoms with Gasteiger partial charge < -0.3 is 41.7 Å². The van der Waals surface area contributed by atoms with Crippen molar-refractivity contribution in [1.82, 2.24) is 13.7 Å². The van der Waals surface area contributed by atoms with Crippen molar-refractivity contribution in [3.05, 3.63) is 533 Å². The third-order valence-corrected chi connectivity index (χ3v) is 27.9. The van der Waals surface area contributed by atoms with Crippen molar-refractivity contribution in [3.8, 4) is 61.6 Å². The normalized spacial score (nSPS) is 11.6. The Morgan fingerprint density at radius 2 is 0.408 bits per heavy atom. The molecule has 0 bridgehead atoms. The molecular weight excluding hydrogens is 1730 g/mol. The van der Waals surface area contributed by atoms with Crippen LogP contribution in [-0.2, 0) is 0 Å². The minimum Gasteiger partial charge on any atom is -0.456 e. The van der Waals surface area contributed by atoms with Gasteiger partial charge in [0.1, 0.15) is 33.5 Å². The number of furan rings is 3. The molecule has 0 saturated heterocycles. The molecule has 0 atom stereocenters. The molecule has 0 fully saturated rings. The van der Waals surface area contributed by atoms with Crippen LogP contribution in [-0.4, -0.2) is 13.7 Å². The SMILES string of the molecule is Cc1cc(-n2c3ccccc3c3ccccc32)cc2c1oc1cc(N(c3ccc(-c4ccccc4)cc3)c3ccc(-c4ccccc4)cc3)ccc12.c1ccc(-c2ccc(N(c3ccc(-c4ccccc4)cc3)c3ccc4c(c3)oc3cccc(-n5c6ccccc6c6ccccc65)c34)cc2)cc1.c1ccc(N(c2ccccc2)c2ccc3c(c2)oc2cccc(-n4c5ccccc5c5ccccc54)c23)cc1. The number of rotatable bonds is 16. The Bertz CT molecular complexity index is 9220. The Morgan fingerprint density at radius 3 is 0.718 bits per heavy atom. The number of benzene rings is 22. The summed E-state index contributed by atoms with van der Waals surface area (Å²) in [5.74, 6) is 0. The van der Waals surface area contributed by atoms with E-state index in [1.807, 2.05) is 12.1 Å². The Morgan fingerprint density at radius 1 is 0.162 bits per heavy atom. The summed E-state index contributed by atoms with van der Waals surface area (Å²) in [4.78, 5) is 6.89. The smallest absolute Gasteiger partial charge is 0.138 e. The number of nitrogens with zero attached hydrogens (tertiary/aromatic N) is 6. The largest absolute Gasteiger partial charge is 0.456 e. The predicted molar refractivity (Wildman–Crippen MR) is 595 cm³/mol. The van der Waals surface area contributed by atoms with E-state index in [-0.39, 0.29) is 0 Å². The molecule has 670 valence electrons.